The highest BCUT2D eigenvalue weighted by atomic mass is 16.2. The molecule has 3 heterocycles. The van der Waals surface area contributed by atoms with Crippen molar-refractivity contribution in [2.24, 2.45) is 0 Å². The summed E-state index contributed by atoms with van der Waals surface area (Å²) in [5.41, 5.74) is 1.27. The smallest absolute Gasteiger partial charge is 0.223 e. The summed E-state index contributed by atoms with van der Waals surface area (Å²) >= 11 is 0. The number of likely N-dealkylation sites (tertiary alicyclic amines) is 1. The zero-order valence-electron chi connectivity index (χ0n) is 16.2. The van der Waals surface area contributed by atoms with E-state index in [4.69, 9.17) is 0 Å². The number of rotatable bonds is 6. The Morgan fingerprint density at radius 3 is 2.71 bits per heavy atom. The summed E-state index contributed by atoms with van der Waals surface area (Å²) < 4.78 is 2.24. The first-order valence-corrected chi connectivity index (χ1v) is 9.89. The Morgan fingerprint density at radius 1 is 1.21 bits per heavy atom. The van der Waals surface area contributed by atoms with Crippen molar-refractivity contribution in [3.05, 3.63) is 65.8 Å². The number of aromatic nitrogens is 5. The summed E-state index contributed by atoms with van der Waals surface area (Å²) in [6.07, 6.45) is 6.90. The molecule has 1 aliphatic rings. The first-order valence-electron chi connectivity index (χ1n) is 9.89. The van der Waals surface area contributed by atoms with Crippen LogP contribution in [0.15, 0.2) is 42.7 Å². The van der Waals surface area contributed by atoms with E-state index in [9.17, 15) is 4.79 Å². The van der Waals surface area contributed by atoms with E-state index in [1.807, 2.05) is 24.1 Å². The number of H-pyrrole nitrogens is 1. The standard InChI is InChI=1S/C21H26N6O/c1-16-23-19(25-24-16)7-8-20(28)26-12-9-18(10-13-26)21-22-11-14-27(21)15-17-5-3-2-4-6-17/h2-6,11,14,18H,7-10,12-13,15H2,1H3,(H,23,24,25). The lowest BCUT2D eigenvalue weighted by Crippen LogP contribution is -2.38. The zero-order chi connectivity index (χ0) is 19.3. The van der Waals surface area contributed by atoms with Gasteiger partial charge in [0, 0.05) is 50.8 Å². The van der Waals surface area contributed by atoms with Crippen LogP contribution in [0.4, 0.5) is 0 Å². The van der Waals surface area contributed by atoms with Crippen LogP contribution < -0.4 is 0 Å². The number of imidazole rings is 1. The minimum Gasteiger partial charge on any atom is -0.343 e. The minimum atomic E-state index is 0.188. The van der Waals surface area contributed by atoms with Gasteiger partial charge in [-0.1, -0.05) is 30.3 Å². The van der Waals surface area contributed by atoms with Gasteiger partial charge in [0.15, 0.2) is 5.82 Å². The maximum absolute atomic E-state index is 12.5. The van der Waals surface area contributed by atoms with Crippen LogP contribution in [0, 0.1) is 6.92 Å². The van der Waals surface area contributed by atoms with Crippen molar-refractivity contribution in [1.29, 1.82) is 0 Å². The van der Waals surface area contributed by atoms with Crippen molar-refractivity contribution in [2.75, 3.05) is 13.1 Å². The van der Waals surface area contributed by atoms with Gasteiger partial charge in [0.1, 0.15) is 11.6 Å². The Morgan fingerprint density at radius 2 is 2.00 bits per heavy atom. The van der Waals surface area contributed by atoms with Crippen LogP contribution >= 0.6 is 0 Å². The van der Waals surface area contributed by atoms with Gasteiger partial charge in [-0.2, -0.15) is 5.10 Å². The Bertz CT molecular complexity index is 908. The van der Waals surface area contributed by atoms with Crippen LogP contribution in [0.25, 0.3) is 0 Å². The quantitative estimate of drug-likeness (QED) is 0.715. The third kappa shape index (κ3) is 4.30. The summed E-state index contributed by atoms with van der Waals surface area (Å²) in [5, 5.41) is 6.93. The average molecular weight is 378 g/mol. The number of benzene rings is 1. The van der Waals surface area contributed by atoms with E-state index >= 15 is 0 Å². The molecule has 2 aromatic heterocycles. The number of hydrogen-bond acceptors (Lipinski definition) is 4. The van der Waals surface area contributed by atoms with Crippen LogP contribution in [-0.4, -0.2) is 48.6 Å². The molecule has 7 heteroatoms. The normalized spacial score (nSPS) is 15.1. The topological polar surface area (TPSA) is 79.7 Å². The highest BCUT2D eigenvalue weighted by molar-refractivity contribution is 5.76. The van der Waals surface area contributed by atoms with Crippen LogP contribution in [-0.2, 0) is 17.8 Å². The zero-order valence-corrected chi connectivity index (χ0v) is 16.2. The number of carbonyl (C=O) groups excluding carboxylic acids is 1. The summed E-state index contributed by atoms with van der Waals surface area (Å²) in [5.74, 6) is 3.22. The molecule has 1 amide bonds. The fourth-order valence-electron chi connectivity index (χ4n) is 3.86. The van der Waals surface area contributed by atoms with E-state index in [-0.39, 0.29) is 5.91 Å². The fourth-order valence-corrected chi connectivity index (χ4v) is 3.86. The second-order valence-electron chi connectivity index (χ2n) is 7.39. The monoisotopic (exact) mass is 378 g/mol. The van der Waals surface area contributed by atoms with Gasteiger partial charge < -0.3 is 9.47 Å². The molecule has 0 saturated carbocycles. The number of hydrogen-bond donors (Lipinski definition) is 1. The van der Waals surface area contributed by atoms with E-state index < -0.39 is 0 Å². The summed E-state index contributed by atoms with van der Waals surface area (Å²) in [6.45, 7) is 4.28. The first-order chi connectivity index (χ1) is 13.7. The number of amides is 1. The molecule has 7 nitrogen and oxygen atoms in total. The molecule has 1 fully saturated rings. The van der Waals surface area contributed by atoms with Gasteiger partial charge in [0.05, 0.1) is 0 Å². The van der Waals surface area contributed by atoms with Crippen LogP contribution in [0.2, 0.25) is 0 Å². The molecule has 146 valence electrons. The third-order valence-electron chi connectivity index (χ3n) is 5.36. The Labute approximate surface area is 164 Å². The molecule has 0 atom stereocenters. The molecule has 1 N–H and O–H groups in total. The second kappa shape index (κ2) is 8.37. The van der Waals surface area contributed by atoms with Crippen molar-refractivity contribution in [2.45, 2.75) is 45.1 Å². The maximum Gasteiger partial charge on any atom is 0.223 e. The molecular formula is C21H26N6O. The molecule has 0 radical (unpaired) electrons. The van der Waals surface area contributed by atoms with Crippen molar-refractivity contribution in [3.8, 4) is 0 Å². The third-order valence-corrected chi connectivity index (χ3v) is 5.36. The van der Waals surface area contributed by atoms with Gasteiger partial charge in [-0.3, -0.25) is 9.89 Å². The molecule has 3 aromatic rings. The average Bonchev–Trinajstić information content (AvgIpc) is 3.36. The van der Waals surface area contributed by atoms with Gasteiger partial charge in [0.2, 0.25) is 5.91 Å². The Balaban J connectivity index is 1.31. The number of aryl methyl sites for hydroxylation is 2. The Kier molecular flexibility index (Phi) is 5.50. The lowest BCUT2D eigenvalue weighted by atomic mass is 9.95. The number of nitrogens with one attached hydrogen (secondary N) is 1. The predicted molar refractivity (Wildman–Crippen MR) is 106 cm³/mol. The van der Waals surface area contributed by atoms with Crippen molar-refractivity contribution in [1.82, 2.24) is 29.6 Å². The van der Waals surface area contributed by atoms with Crippen molar-refractivity contribution in [3.63, 3.8) is 0 Å². The van der Waals surface area contributed by atoms with Crippen molar-refractivity contribution < 1.29 is 4.79 Å². The van der Waals surface area contributed by atoms with Crippen LogP contribution in [0.1, 0.15) is 48.2 Å². The molecular weight excluding hydrogens is 352 g/mol. The lowest BCUT2D eigenvalue weighted by Gasteiger charge is -2.32. The van der Waals surface area contributed by atoms with E-state index in [0.29, 0.717) is 24.6 Å². The SMILES string of the molecule is Cc1nc(CCC(=O)N2CCC(c3nccn3Cc3ccccc3)CC2)n[nH]1. The molecule has 1 aliphatic heterocycles. The van der Waals surface area contributed by atoms with E-state index in [1.54, 1.807) is 0 Å². The molecule has 28 heavy (non-hydrogen) atoms. The molecule has 4 rings (SSSR count). The minimum absolute atomic E-state index is 0.188. The van der Waals surface area contributed by atoms with Gasteiger partial charge in [-0.05, 0) is 25.3 Å². The number of piperidine rings is 1. The number of aromatic amines is 1. The highest BCUT2D eigenvalue weighted by Gasteiger charge is 2.26. The molecule has 1 aromatic carbocycles. The molecule has 0 spiro atoms. The fraction of sp³-hybridized carbons (Fsp3) is 0.429. The van der Waals surface area contributed by atoms with E-state index in [2.05, 4.69) is 55.2 Å². The van der Waals surface area contributed by atoms with E-state index in [1.165, 1.54) is 5.56 Å². The second-order valence-corrected chi connectivity index (χ2v) is 7.39. The predicted octanol–water partition coefficient (Wildman–Crippen LogP) is 2.70. The number of carbonyl (C=O) groups is 1. The van der Waals surface area contributed by atoms with Crippen LogP contribution in [0.3, 0.4) is 0 Å². The Hall–Kier alpha value is -2.96. The van der Waals surface area contributed by atoms with Gasteiger partial charge in [-0.25, -0.2) is 9.97 Å². The van der Waals surface area contributed by atoms with Crippen molar-refractivity contribution >= 4 is 5.91 Å². The summed E-state index contributed by atoms with van der Waals surface area (Å²) in [6, 6.07) is 10.4. The van der Waals surface area contributed by atoms with Gasteiger partial charge in [0.25, 0.3) is 0 Å². The molecule has 0 unspecified atom stereocenters. The van der Waals surface area contributed by atoms with Gasteiger partial charge >= 0.3 is 0 Å². The largest absolute Gasteiger partial charge is 0.343 e. The highest BCUT2D eigenvalue weighted by Crippen LogP contribution is 2.27. The lowest BCUT2D eigenvalue weighted by molar-refractivity contribution is -0.132. The molecule has 0 aliphatic carbocycles. The molecule has 1 saturated heterocycles. The first kappa shape index (κ1) is 18.4. The number of nitrogens with zero attached hydrogens (tertiary/aromatic N) is 5. The maximum atomic E-state index is 12.5. The van der Waals surface area contributed by atoms with Gasteiger partial charge in [-0.15, -0.1) is 0 Å². The summed E-state index contributed by atoms with van der Waals surface area (Å²) in [7, 11) is 0. The van der Waals surface area contributed by atoms with Crippen LogP contribution in [0.5, 0.6) is 0 Å². The molecule has 0 bridgehead atoms. The summed E-state index contributed by atoms with van der Waals surface area (Å²) in [4.78, 5) is 23.4. The van der Waals surface area contributed by atoms with E-state index in [0.717, 1.165) is 44.1 Å².